The van der Waals surface area contributed by atoms with Gasteiger partial charge in [-0.2, -0.15) is 0 Å². The minimum absolute atomic E-state index is 0.257. The van der Waals surface area contributed by atoms with Gasteiger partial charge >= 0.3 is 6.03 Å². The van der Waals surface area contributed by atoms with Crippen LogP contribution in [0.3, 0.4) is 0 Å². The van der Waals surface area contributed by atoms with Gasteiger partial charge in [0.15, 0.2) is 0 Å². The van der Waals surface area contributed by atoms with Crippen LogP contribution in [0.2, 0.25) is 0 Å². The van der Waals surface area contributed by atoms with Crippen molar-refractivity contribution in [2.45, 2.75) is 12.5 Å². The average molecular weight is 353 g/mol. The van der Waals surface area contributed by atoms with Gasteiger partial charge in [0.25, 0.3) is 0 Å². The van der Waals surface area contributed by atoms with Crippen molar-refractivity contribution in [3.8, 4) is 5.75 Å². The fraction of sp³-hybridized carbons (Fsp3) is 0.200. The molecular weight excluding hydrogens is 330 g/mol. The van der Waals surface area contributed by atoms with Crippen molar-refractivity contribution >= 4 is 17.6 Å². The summed E-state index contributed by atoms with van der Waals surface area (Å²) in [4.78, 5) is 25.7. The Hall–Kier alpha value is -3.28. The Morgan fingerprint density at radius 2 is 1.85 bits per heavy atom. The van der Waals surface area contributed by atoms with E-state index in [0.29, 0.717) is 24.5 Å². The van der Waals surface area contributed by atoms with Crippen LogP contribution >= 0.6 is 0 Å². The topological polar surface area (TPSA) is 84.7 Å². The predicted octanol–water partition coefficient (Wildman–Crippen LogP) is 2.49. The van der Waals surface area contributed by atoms with Gasteiger partial charge in [0.1, 0.15) is 18.4 Å². The zero-order valence-corrected chi connectivity index (χ0v) is 14.7. The number of urea groups is 1. The van der Waals surface area contributed by atoms with E-state index in [4.69, 9.17) is 10.5 Å². The molecule has 3 amide bonds. The van der Waals surface area contributed by atoms with E-state index in [0.717, 1.165) is 5.56 Å². The second-order valence-corrected chi connectivity index (χ2v) is 5.74. The maximum atomic E-state index is 12.9. The monoisotopic (exact) mass is 353 g/mol. The van der Waals surface area contributed by atoms with E-state index in [1.165, 1.54) is 4.90 Å². The Balaban J connectivity index is 2.12. The molecule has 0 fully saturated rings. The van der Waals surface area contributed by atoms with Crippen molar-refractivity contribution in [3.05, 3.63) is 72.8 Å². The van der Waals surface area contributed by atoms with Crippen LogP contribution < -0.4 is 20.7 Å². The van der Waals surface area contributed by atoms with Gasteiger partial charge in [0, 0.05) is 19.2 Å². The first-order valence-electron chi connectivity index (χ1n) is 8.22. The third-order valence-corrected chi connectivity index (χ3v) is 3.82. The van der Waals surface area contributed by atoms with Crippen LogP contribution in [0.4, 0.5) is 10.5 Å². The minimum atomic E-state index is -0.753. The summed E-state index contributed by atoms with van der Waals surface area (Å²) in [5, 5.41) is 2.53. The van der Waals surface area contributed by atoms with Crippen LogP contribution in [0.1, 0.15) is 5.56 Å². The molecule has 0 aliphatic heterocycles. The fourth-order valence-electron chi connectivity index (χ4n) is 2.50. The molecule has 26 heavy (non-hydrogen) atoms. The summed E-state index contributed by atoms with van der Waals surface area (Å²) in [6, 6.07) is 15.1. The highest BCUT2D eigenvalue weighted by molar-refractivity contribution is 5.98. The molecule has 2 aromatic carbocycles. The van der Waals surface area contributed by atoms with E-state index in [2.05, 4.69) is 11.9 Å². The van der Waals surface area contributed by atoms with Crippen LogP contribution in [0.15, 0.2) is 67.3 Å². The number of hydrogen-bond donors (Lipinski definition) is 2. The largest absolute Gasteiger partial charge is 0.490 e. The molecule has 0 saturated heterocycles. The molecule has 0 heterocycles. The number of primary amides is 1. The lowest BCUT2D eigenvalue weighted by Gasteiger charge is -2.24. The van der Waals surface area contributed by atoms with Crippen molar-refractivity contribution < 1.29 is 14.3 Å². The van der Waals surface area contributed by atoms with Crippen LogP contribution in [-0.2, 0) is 11.2 Å². The summed E-state index contributed by atoms with van der Waals surface area (Å²) in [7, 11) is 1.66. The summed E-state index contributed by atoms with van der Waals surface area (Å²) < 4.78 is 5.43. The molecule has 0 spiro atoms. The molecule has 0 saturated carbocycles. The normalized spacial score (nSPS) is 11.3. The average Bonchev–Trinajstić information content (AvgIpc) is 2.65. The molecule has 0 radical (unpaired) electrons. The summed E-state index contributed by atoms with van der Waals surface area (Å²) >= 11 is 0. The van der Waals surface area contributed by atoms with Gasteiger partial charge in [0.2, 0.25) is 5.91 Å². The number of nitrogens with two attached hydrogens (primary N) is 1. The second-order valence-electron chi connectivity index (χ2n) is 5.74. The summed E-state index contributed by atoms with van der Waals surface area (Å²) in [5.41, 5.74) is 6.86. The number of likely N-dealkylation sites (N-methyl/N-ethyl adjacent to an activating group) is 1. The Morgan fingerprint density at radius 1 is 1.19 bits per heavy atom. The van der Waals surface area contributed by atoms with Gasteiger partial charge in [-0.15, -0.1) is 0 Å². The molecule has 6 heteroatoms. The van der Waals surface area contributed by atoms with Crippen LogP contribution in [0, 0.1) is 0 Å². The third-order valence-electron chi connectivity index (χ3n) is 3.82. The Kier molecular flexibility index (Phi) is 6.79. The first-order chi connectivity index (χ1) is 12.5. The lowest BCUT2D eigenvalue weighted by atomic mass is 10.0. The number of nitrogens with one attached hydrogen (secondary N) is 1. The number of amides is 3. The Labute approximate surface area is 153 Å². The number of rotatable bonds is 8. The maximum Gasteiger partial charge on any atom is 0.312 e. The predicted molar refractivity (Wildman–Crippen MR) is 102 cm³/mol. The zero-order chi connectivity index (χ0) is 18.9. The molecule has 1 atom stereocenters. The van der Waals surface area contributed by atoms with E-state index in [-0.39, 0.29) is 5.91 Å². The Bertz CT molecular complexity index is 745. The van der Waals surface area contributed by atoms with E-state index in [1.54, 1.807) is 37.4 Å². The highest BCUT2D eigenvalue weighted by Crippen LogP contribution is 2.19. The molecule has 0 aliphatic rings. The number of carbonyl (C=O) groups excluding carboxylic acids is 2. The summed E-state index contributed by atoms with van der Waals surface area (Å²) in [6.45, 7) is 4.01. The summed E-state index contributed by atoms with van der Waals surface area (Å²) in [6.07, 6.45) is 2.01. The van der Waals surface area contributed by atoms with Gasteiger partial charge in [0.05, 0.1) is 0 Å². The quantitative estimate of drug-likeness (QED) is 0.715. The van der Waals surface area contributed by atoms with E-state index in [9.17, 15) is 9.59 Å². The van der Waals surface area contributed by atoms with Crippen LogP contribution in [0.25, 0.3) is 0 Å². The van der Waals surface area contributed by atoms with Crippen molar-refractivity contribution in [1.82, 2.24) is 5.32 Å². The SMILES string of the molecule is C=CCOc1ccc(N(C)C(=O)[C@H](Cc2ccccc2)NC(N)=O)cc1. The fourth-order valence-corrected chi connectivity index (χ4v) is 2.50. The first kappa shape index (κ1) is 19.1. The third kappa shape index (κ3) is 5.37. The first-order valence-corrected chi connectivity index (χ1v) is 8.22. The second kappa shape index (κ2) is 9.27. The zero-order valence-electron chi connectivity index (χ0n) is 14.7. The van der Waals surface area contributed by atoms with Crippen molar-refractivity contribution in [2.75, 3.05) is 18.6 Å². The van der Waals surface area contributed by atoms with Gasteiger partial charge in [-0.3, -0.25) is 4.79 Å². The molecule has 6 nitrogen and oxygen atoms in total. The molecule has 3 N–H and O–H groups in total. The maximum absolute atomic E-state index is 12.9. The smallest absolute Gasteiger partial charge is 0.312 e. The molecule has 0 unspecified atom stereocenters. The highest BCUT2D eigenvalue weighted by atomic mass is 16.5. The molecule has 2 rings (SSSR count). The Morgan fingerprint density at radius 3 is 2.42 bits per heavy atom. The van der Waals surface area contributed by atoms with Crippen molar-refractivity contribution in [3.63, 3.8) is 0 Å². The standard InChI is InChI=1S/C20H23N3O3/c1-3-13-26-17-11-9-16(10-12-17)23(2)19(24)18(22-20(21)25)14-15-7-5-4-6-8-15/h3-12,18H,1,13-14H2,2H3,(H3,21,22,25)/t18-/m0/s1. The van der Waals surface area contributed by atoms with Crippen molar-refractivity contribution in [2.24, 2.45) is 5.73 Å². The number of nitrogens with zero attached hydrogens (tertiary/aromatic N) is 1. The number of hydrogen-bond acceptors (Lipinski definition) is 3. The van der Waals surface area contributed by atoms with Gasteiger partial charge in [-0.1, -0.05) is 43.0 Å². The lowest BCUT2D eigenvalue weighted by molar-refractivity contribution is -0.120. The molecule has 2 aromatic rings. The minimum Gasteiger partial charge on any atom is -0.490 e. The number of benzene rings is 2. The molecule has 0 aliphatic carbocycles. The van der Waals surface area contributed by atoms with Crippen LogP contribution in [-0.4, -0.2) is 31.6 Å². The highest BCUT2D eigenvalue weighted by Gasteiger charge is 2.24. The lowest BCUT2D eigenvalue weighted by Crippen LogP contribution is -2.50. The molecule has 0 bridgehead atoms. The molecular formula is C20H23N3O3. The number of ether oxygens (including phenoxy) is 1. The number of carbonyl (C=O) groups is 2. The summed E-state index contributed by atoms with van der Waals surface area (Å²) in [5.74, 6) is 0.429. The van der Waals surface area contributed by atoms with Gasteiger partial charge in [-0.05, 0) is 29.8 Å². The van der Waals surface area contributed by atoms with E-state index in [1.807, 2.05) is 30.3 Å². The van der Waals surface area contributed by atoms with E-state index < -0.39 is 12.1 Å². The van der Waals surface area contributed by atoms with Gasteiger partial charge < -0.3 is 20.7 Å². The molecule has 0 aromatic heterocycles. The number of anilines is 1. The molecule has 136 valence electrons. The van der Waals surface area contributed by atoms with Crippen molar-refractivity contribution in [1.29, 1.82) is 0 Å². The van der Waals surface area contributed by atoms with E-state index >= 15 is 0 Å². The van der Waals surface area contributed by atoms with Crippen LogP contribution in [0.5, 0.6) is 5.75 Å². The van der Waals surface area contributed by atoms with Gasteiger partial charge in [-0.25, -0.2) is 4.79 Å².